The summed E-state index contributed by atoms with van der Waals surface area (Å²) in [7, 11) is -1.27. The molecule has 2 heterocycles. The average molecular weight is 770 g/mol. The number of unbranched alkanes of at least 4 members (excludes halogenated alkanes) is 1. The second kappa shape index (κ2) is 20.8. The van der Waals surface area contributed by atoms with Gasteiger partial charge in [0, 0.05) is 54.6 Å². The average Bonchev–Trinajstić information content (AvgIpc) is 3.43. The van der Waals surface area contributed by atoms with Crippen LogP contribution in [-0.2, 0) is 37.4 Å². The van der Waals surface area contributed by atoms with E-state index in [0.29, 0.717) is 61.2 Å². The van der Waals surface area contributed by atoms with Crippen LogP contribution < -0.4 is 20.3 Å². The highest BCUT2D eigenvalue weighted by Crippen LogP contribution is 2.33. The number of nitrogens with one attached hydrogen (secondary N) is 2. The van der Waals surface area contributed by atoms with Crippen molar-refractivity contribution in [1.82, 2.24) is 14.9 Å². The number of aliphatic carboxylic acids is 1. The second-order valence-corrected chi connectivity index (χ2v) is 15.2. The first-order valence-electron chi connectivity index (χ1n) is 19.3. The molecule has 0 aliphatic carbocycles. The molecule has 0 fully saturated rings. The maximum Gasteiger partial charge on any atom is 0.317 e. The number of ether oxygens (including phenoxy) is 2. The quantitative estimate of drug-likeness (QED) is 0.0788. The highest BCUT2D eigenvalue weighted by molar-refractivity contribution is 7.84. The highest BCUT2D eigenvalue weighted by Gasteiger charge is 2.20. The molecule has 0 saturated carbocycles. The highest BCUT2D eigenvalue weighted by atomic mass is 32.2. The predicted molar refractivity (Wildman–Crippen MR) is 220 cm³/mol. The number of benzene rings is 3. The summed E-state index contributed by atoms with van der Waals surface area (Å²) in [6.45, 7) is 12.6. The molecule has 294 valence electrons. The van der Waals surface area contributed by atoms with Crippen molar-refractivity contribution in [3.05, 3.63) is 95.1 Å². The number of carboxylic acid groups (broad SMARTS) is 1. The smallest absolute Gasteiger partial charge is 0.317 e. The monoisotopic (exact) mass is 769 g/mol. The van der Waals surface area contributed by atoms with Crippen LogP contribution in [0.1, 0.15) is 68.7 Å². The van der Waals surface area contributed by atoms with Crippen LogP contribution in [0.15, 0.2) is 77.2 Å². The van der Waals surface area contributed by atoms with Crippen LogP contribution in [0.3, 0.4) is 0 Å². The van der Waals surface area contributed by atoms with E-state index < -0.39 is 16.8 Å². The molecule has 4 aromatic rings. The lowest BCUT2D eigenvalue weighted by atomic mass is 9.96. The van der Waals surface area contributed by atoms with Crippen molar-refractivity contribution in [1.29, 1.82) is 0 Å². The summed E-state index contributed by atoms with van der Waals surface area (Å²) < 4.78 is 27.0. The molecular formula is C43H55N5O6S. The van der Waals surface area contributed by atoms with Gasteiger partial charge < -0.3 is 34.7 Å². The van der Waals surface area contributed by atoms with Crippen molar-refractivity contribution in [2.75, 3.05) is 56.2 Å². The van der Waals surface area contributed by atoms with E-state index in [9.17, 15) is 13.8 Å². The third-order valence-corrected chi connectivity index (χ3v) is 10.9. The Bertz CT molecular complexity index is 1940. The molecule has 1 amide bonds. The van der Waals surface area contributed by atoms with Crippen molar-refractivity contribution >= 4 is 40.1 Å². The molecule has 1 aromatic heterocycles. The van der Waals surface area contributed by atoms with Gasteiger partial charge in [0.2, 0.25) is 0 Å². The lowest BCUT2D eigenvalue weighted by Gasteiger charge is -2.29. The maximum atomic E-state index is 13.8. The number of anilines is 2. The molecule has 3 N–H and O–H groups in total. The van der Waals surface area contributed by atoms with Crippen molar-refractivity contribution in [3.8, 4) is 16.9 Å². The van der Waals surface area contributed by atoms with Gasteiger partial charge >= 0.3 is 5.97 Å². The maximum absolute atomic E-state index is 13.8. The molecular weight excluding hydrogens is 715 g/mol. The second-order valence-electron chi connectivity index (χ2n) is 13.8. The van der Waals surface area contributed by atoms with Crippen LogP contribution >= 0.6 is 0 Å². The Hall–Kier alpha value is -4.78. The molecule has 0 bridgehead atoms. The number of imidazole rings is 1. The molecule has 11 nitrogen and oxygen atoms in total. The lowest BCUT2D eigenvalue weighted by Crippen LogP contribution is -2.35. The van der Waals surface area contributed by atoms with Crippen LogP contribution in [0.4, 0.5) is 11.4 Å². The molecule has 1 aliphatic rings. The van der Waals surface area contributed by atoms with Crippen molar-refractivity contribution in [2.24, 2.45) is 0 Å². The van der Waals surface area contributed by atoms with E-state index in [0.717, 1.165) is 84.2 Å². The Kier molecular flexibility index (Phi) is 15.6. The van der Waals surface area contributed by atoms with Crippen LogP contribution in [0.2, 0.25) is 0 Å². The first kappa shape index (κ1) is 41.4. The Balaban J connectivity index is 1.31. The minimum absolute atomic E-state index is 0.101. The number of fused-ring (bicyclic) bond motifs is 1. The Labute approximate surface area is 327 Å². The lowest BCUT2D eigenvalue weighted by molar-refractivity contribution is -0.135. The van der Waals surface area contributed by atoms with Gasteiger partial charge in [-0.2, -0.15) is 0 Å². The van der Waals surface area contributed by atoms with Crippen LogP contribution in [-0.4, -0.2) is 76.7 Å². The summed E-state index contributed by atoms with van der Waals surface area (Å²) in [5.41, 5.74) is 7.10. The van der Waals surface area contributed by atoms with Gasteiger partial charge in [-0.1, -0.05) is 38.5 Å². The van der Waals surface area contributed by atoms with E-state index in [-0.39, 0.29) is 12.5 Å². The number of amides is 1. The number of aryl methyl sites for hydroxylation is 2. The van der Waals surface area contributed by atoms with Crippen molar-refractivity contribution in [3.63, 3.8) is 0 Å². The van der Waals surface area contributed by atoms with E-state index in [2.05, 4.69) is 57.1 Å². The Morgan fingerprint density at radius 1 is 0.927 bits per heavy atom. The summed E-state index contributed by atoms with van der Waals surface area (Å²) in [5.74, 6) is 1.02. The van der Waals surface area contributed by atoms with E-state index in [1.54, 1.807) is 12.1 Å². The summed E-state index contributed by atoms with van der Waals surface area (Å²) in [6, 6.07) is 21.5. The van der Waals surface area contributed by atoms with E-state index in [1.165, 1.54) is 0 Å². The minimum Gasteiger partial charge on any atom is -0.491 e. The number of rotatable bonds is 20. The van der Waals surface area contributed by atoms with Crippen LogP contribution in [0.25, 0.3) is 17.2 Å². The topological polar surface area (TPSA) is 135 Å². The third kappa shape index (κ3) is 11.9. The molecule has 1 aliphatic heterocycles. The van der Waals surface area contributed by atoms with Gasteiger partial charge in [-0.05, 0) is 111 Å². The summed E-state index contributed by atoms with van der Waals surface area (Å²) in [5, 5.41) is 15.2. The van der Waals surface area contributed by atoms with Gasteiger partial charge in [0.25, 0.3) is 5.91 Å². The fraction of sp³-hybridized carbons (Fsp3) is 0.419. The van der Waals surface area contributed by atoms with Gasteiger partial charge in [0.05, 0.1) is 41.1 Å². The molecule has 12 heteroatoms. The zero-order valence-corrected chi connectivity index (χ0v) is 33.4. The largest absolute Gasteiger partial charge is 0.491 e. The van der Waals surface area contributed by atoms with E-state index >= 15 is 0 Å². The number of nitrogens with zero attached hydrogens (tertiary/aromatic N) is 3. The molecule has 3 aromatic carbocycles. The Morgan fingerprint density at radius 2 is 1.69 bits per heavy atom. The van der Waals surface area contributed by atoms with Gasteiger partial charge in [-0.25, -0.2) is 4.98 Å². The first-order valence-corrected chi connectivity index (χ1v) is 20.6. The molecule has 1 unspecified atom stereocenters. The van der Waals surface area contributed by atoms with Gasteiger partial charge in [0.1, 0.15) is 18.2 Å². The van der Waals surface area contributed by atoms with Gasteiger partial charge in [-0.3, -0.25) is 13.8 Å². The zero-order valence-electron chi connectivity index (χ0n) is 32.6. The summed E-state index contributed by atoms with van der Waals surface area (Å²) >= 11 is 0. The molecule has 1 atom stereocenters. The zero-order chi connectivity index (χ0) is 39.2. The molecule has 55 heavy (non-hydrogen) atoms. The van der Waals surface area contributed by atoms with Crippen LogP contribution in [0, 0.1) is 13.8 Å². The number of carbonyl (C=O) groups is 2. The number of carbonyl (C=O) groups excluding carboxylic acids is 1. The third-order valence-electron chi connectivity index (χ3n) is 9.58. The standard InChI is InChI=1S/C43H55N5O6S/c1-5-7-24-53-25-26-54-38-15-10-33(11-16-38)34-12-19-40-36(27-34)28-35(9-8-22-47(40)23-20-44-29-42(49)50)43(51)46-37-13-17-39(18-14-37)55(52)30-41-31(3)45-32(4)48(41)21-6-2/h10-19,27-28,44H,5-9,20-26,29-30H2,1-4H3,(H,46,51)(H,49,50)/b35-28+. The molecule has 0 radical (unpaired) electrons. The summed E-state index contributed by atoms with van der Waals surface area (Å²) in [6.07, 6.45) is 6.39. The van der Waals surface area contributed by atoms with E-state index in [4.69, 9.17) is 14.6 Å². The van der Waals surface area contributed by atoms with Crippen molar-refractivity contribution < 1.29 is 28.4 Å². The van der Waals surface area contributed by atoms with Gasteiger partial charge in [0.15, 0.2) is 0 Å². The molecule has 0 saturated heterocycles. The fourth-order valence-corrected chi connectivity index (χ4v) is 7.90. The van der Waals surface area contributed by atoms with Gasteiger partial charge in [-0.15, -0.1) is 0 Å². The number of carboxylic acids is 1. The normalized spacial score (nSPS) is 14.3. The van der Waals surface area contributed by atoms with E-state index in [1.807, 2.05) is 56.3 Å². The number of hydrogen-bond acceptors (Lipinski definition) is 8. The van der Waals surface area contributed by atoms with Crippen molar-refractivity contribution in [2.45, 2.75) is 77.0 Å². The first-order chi connectivity index (χ1) is 26.7. The number of aromatic nitrogens is 2. The molecule has 0 spiro atoms. The summed E-state index contributed by atoms with van der Waals surface area (Å²) in [4.78, 5) is 32.4. The fourth-order valence-electron chi connectivity index (χ4n) is 6.68. The molecule has 5 rings (SSSR count). The Morgan fingerprint density at radius 3 is 2.42 bits per heavy atom. The predicted octanol–water partition coefficient (Wildman–Crippen LogP) is 7.38. The minimum atomic E-state index is -1.27. The SMILES string of the molecule is CCCCOCCOc1ccc(-c2ccc3c(c2)/C=C(/C(=O)Nc2ccc(S(=O)Cc4c(C)nc(C)n4CCC)cc2)CCCN3CCNCC(=O)O)cc1. The van der Waals surface area contributed by atoms with Crippen LogP contribution in [0.5, 0.6) is 5.75 Å². The number of hydrogen-bond donors (Lipinski definition) is 3.